The van der Waals surface area contributed by atoms with Crippen molar-refractivity contribution in [2.24, 2.45) is 0 Å². The fraction of sp³-hybridized carbons (Fsp3) is 0.222. The van der Waals surface area contributed by atoms with E-state index in [0.717, 1.165) is 5.56 Å². The summed E-state index contributed by atoms with van der Waals surface area (Å²) in [6.07, 6.45) is 0.551. The maximum absolute atomic E-state index is 12.2. The van der Waals surface area contributed by atoms with Gasteiger partial charge in [0.05, 0.1) is 10.8 Å². The van der Waals surface area contributed by atoms with E-state index in [-0.39, 0.29) is 11.4 Å². The van der Waals surface area contributed by atoms with E-state index in [9.17, 15) is 19.7 Å². The number of nitrogens with zero attached hydrogens (tertiary/aromatic N) is 1. The molecule has 2 aromatic rings. The molecule has 130 valence electrons. The van der Waals surface area contributed by atoms with E-state index < -0.39 is 29.3 Å². The van der Waals surface area contributed by atoms with Gasteiger partial charge >= 0.3 is 5.97 Å². The van der Waals surface area contributed by atoms with E-state index in [1.165, 1.54) is 24.3 Å². The van der Waals surface area contributed by atoms with Crippen LogP contribution in [0.25, 0.3) is 0 Å². The summed E-state index contributed by atoms with van der Waals surface area (Å²) in [5.41, 5.74) is 0.962. The molecule has 0 aliphatic heterocycles. The van der Waals surface area contributed by atoms with Crippen LogP contribution in [0.4, 0.5) is 11.4 Å². The standard InChI is InChI=1S/C18H18N2O5/c1-2-16(13-7-4-3-5-8-13)18(22)25-12-17(21)19-14-9-6-10-15(11-14)20(23)24/h3-11,16H,2,12H2,1H3,(H,19,21)/t16-/m1/s1. The molecule has 0 spiro atoms. The van der Waals surface area contributed by atoms with Crippen molar-refractivity contribution >= 4 is 23.3 Å². The monoisotopic (exact) mass is 342 g/mol. The van der Waals surface area contributed by atoms with E-state index in [1.807, 2.05) is 37.3 Å². The van der Waals surface area contributed by atoms with Gasteiger partial charge in [-0.3, -0.25) is 19.7 Å². The highest BCUT2D eigenvalue weighted by Gasteiger charge is 2.21. The van der Waals surface area contributed by atoms with Gasteiger partial charge in [0.15, 0.2) is 6.61 Å². The molecule has 0 radical (unpaired) electrons. The summed E-state index contributed by atoms with van der Waals surface area (Å²) < 4.78 is 5.08. The van der Waals surface area contributed by atoms with Crippen LogP contribution in [0.5, 0.6) is 0 Å². The third-order valence-corrected chi connectivity index (χ3v) is 3.58. The third-order valence-electron chi connectivity index (χ3n) is 3.58. The molecule has 1 atom stereocenters. The lowest BCUT2D eigenvalue weighted by atomic mass is 9.97. The van der Waals surface area contributed by atoms with Crippen LogP contribution in [0.3, 0.4) is 0 Å². The number of nitro benzene ring substituents is 1. The molecular weight excluding hydrogens is 324 g/mol. The van der Waals surface area contributed by atoms with Crippen LogP contribution in [0.2, 0.25) is 0 Å². The number of esters is 1. The molecule has 0 aromatic heterocycles. The van der Waals surface area contributed by atoms with Gasteiger partial charge < -0.3 is 10.1 Å². The van der Waals surface area contributed by atoms with Gasteiger partial charge in [-0.25, -0.2) is 0 Å². The van der Waals surface area contributed by atoms with Crippen LogP contribution in [0.15, 0.2) is 54.6 Å². The Balaban J connectivity index is 1.92. The highest BCUT2D eigenvalue weighted by atomic mass is 16.6. The van der Waals surface area contributed by atoms with E-state index in [4.69, 9.17) is 4.74 Å². The van der Waals surface area contributed by atoms with Crippen molar-refractivity contribution in [3.05, 3.63) is 70.3 Å². The number of hydrogen-bond donors (Lipinski definition) is 1. The number of amides is 1. The highest BCUT2D eigenvalue weighted by Crippen LogP contribution is 2.21. The second-order valence-corrected chi connectivity index (χ2v) is 5.33. The Morgan fingerprint density at radius 1 is 1.16 bits per heavy atom. The number of non-ortho nitro benzene ring substituents is 1. The number of benzene rings is 2. The largest absolute Gasteiger partial charge is 0.455 e. The summed E-state index contributed by atoms with van der Waals surface area (Å²) in [4.78, 5) is 34.2. The predicted octanol–water partition coefficient (Wildman–Crippen LogP) is 3.27. The third kappa shape index (κ3) is 5.13. The molecule has 1 amide bonds. The van der Waals surface area contributed by atoms with Crippen LogP contribution in [0, 0.1) is 10.1 Å². The molecule has 0 saturated heterocycles. The van der Waals surface area contributed by atoms with Crippen molar-refractivity contribution in [3.8, 4) is 0 Å². The average molecular weight is 342 g/mol. The van der Waals surface area contributed by atoms with Gasteiger partial charge in [-0.1, -0.05) is 43.3 Å². The Morgan fingerprint density at radius 2 is 1.88 bits per heavy atom. The van der Waals surface area contributed by atoms with Gasteiger partial charge in [0.25, 0.3) is 11.6 Å². The zero-order valence-corrected chi connectivity index (χ0v) is 13.7. The second kappa shape index (κ2) is 8.58. The van der Waals surface area contributed by atoms with Crippen LogP contribution in [-0.4, -0.2) is 23.4 Å². The van der Waals surface area contributed by atoms with Crippen molar-refractivity contribution in [2.75, 3.05) is 11.9 Å². The molecule has 0 heterocycles. The number of hydrogen-bond acceptors (Lipinski definition) is 5. The summed E-state index contributed by atoms with van der Waals surface area (Å²) in [6, 6.07) is 14.7. The number of ether oxygens (including phenoxy) is 1. The number of carbonyl (C=O) groups is 2. The molecule has 0 aliphatic carbocycles. The van der Waals surface area contributed by atoms with E-state index in [1.54, 1.807) is 0 Å². The zero-order chi connectivity index (χ0) is 18.2. The Hall–Kier alpha value is -3.22. The molecule has 1 N–H and O–H groups in total. The Morgan fingerprint density at radius 3 is 2.52 bits per heavy atom. The highest BCUT2D eigenvalue weighted by molar-refractivity contribution is 5.93. The fourth-order valence-electron chi connectivity index (χ4n) is 2.36. The molecule has 0 bridgehead atoms. The predicted molar refractivity (Wildman–Crippen MR) is 92.2 cm³/mol. The van der Waals surface area contributed by atoms with Crippen molar-refractivity contribution in [3.63, 3.8) is 0 Å². The number of anilines is 1. The lowest BCUT2D eigenvalue weighted by Gasteiger charge is -2.14. The number of rotatable bonds is 7. The van der Waals surface area contributed by atoms with Gasteiger partial charge in [-0.05, 0) is 18.1 Å². The minimum absolute atomic E-state index is 0.134. The van der Waals surface area contributed by atoms with Crippen LogP contribution in [0.1, 0.15) is 24.8 Å². The first kappa shape index (κ1) is 18.1. The summed E-state index contributed by atoms with van der Waals surface area (Å²) >= 11 is 0. The van der Waals surface area contributed by atoms with Crippen molar-refractivity contribution in [1.29, 1.82) is 0 Å². The maximum Gasteiger partial charge on any atom is 0.313 e. The average Bonchev–Trinajstić information content (AvgIpc) is 2.62. The summed E-state index contributed by atoms with van der Waals surface area (Å²) in [7, 11) is 0. The van der Waals surface area contributed by atoms with Crippen LogP contribution >= 0.6 is 0 Å². The minimum Gasteiger partial charge on any atom is -0.455 e. The van der Waals surface area contributed by atoms with Gasteiger partial charge in [0.2, 0.25) is 0 Å². The van der Waals surface area contributed by atoms with Crippen LogP contribution in [-0.2, 0) is 14.3 Å². The van der Waals surface area contributed by atoms with E-state index in [0.29, 0.717) is 6.42 Å². The van der Waals surface area contributed by atoms with Gasteiger partial charge in [0, 0.05) is 17.8 Å². The van der Waals surface area contributed by atoms with E-state index >= 15 is 0 Å². The lowest BCUT2D eigenvalue weighted by Crippen LogP contribution is -2.23. The molecule has 7 nitrogen and oxygen atoms in total. The number of nitrogens with one attached hydrogen (secondary N) is 1. The first-order valence-corrected chi connectivity index (χ1v) is 7.77. The summed E-state index contributed by atoms with van der Waals surface area (Å²) in [5.74, 6) is -1.48. The molecule has 25 heavy (non-hydrogen) atoms. The fourth-order valence-corrected chi connectivity index (χ4v) is 2.36. The SMILES string of the molecule is CC[C@@H](C(=O)OCC(=O)Nc1cccc([N+](=O)[O-])c1)c1ccccc1. The molecule has 0 fully saturated rings. The first-order chi connectivity index (χ1) is 12.0. The maximum atomic E-state index is 12.2. The second-order valence-electron chi connectivity index (χ2n) is 5.33. The van der Waals surface area contributed by atoms with E-state index in [2.05, 4.69) is 5.32 Å². The normalized spacial score (nSPS) is 11.4. The molecule has 2 rings (SSSR count). The molecule has 0 aliphatic rings. The van der Waals surface area contributed by atoms with Crippen molar-refractivity contribution in [1.82, 2.24) is 0 Å². The number of nitro groups is 1. The molecular formula is C18H18N2O5. The van der Waals surface area contributed by atoms with Crippen molar-refractivity contribution in [2.45, 2.75) is 19.3 Å². The summed E-state index contributed by atoms with van der Waals surface area (Å²) in [5, 5.41) is 13.2. The van der Waals surface area contributed by atoms with Crippen LogP contribution < -0.4 is 5.32 Å². The zero-order valence-electron chi connectivity index (χ0n) is 13.7. The Kier molecular flexibility index (Phi) is 6.22. The smallest absolute Gasteiger partial charge is 0.313 e. The van der Waals surface area contributed by atoms with Gasteiger partial charge in [-0.15, -0.1) is 0 Å². The molecule has 0 unspecified atom stereocenters. The molecule has 7 heteroatoms. The number of carbonyl (C=O) groups excluding carboxylic acids is 2. The lowest BCUT2D eigenvalue weighted by molar-refractivity contribution is -0.384. The quantitative estimate of drug-likeness (QED) is 0.473. The molecule has 0 saturated carbocycles. The molecule has 2 aromatic carbocycles. The minimum atomic E-state index is -0.559. The Labute approximate surface area is 144 Å². The topological polar surface area (TPSA) is 98.5 Å². The van der Waals surface area contributed by atoms with Gasteiger partial charge in [0.1, 0.15) is 0 Å². The first-order valence-electron chi connectivity index (χ1n) is 7.77. The van der Waals surface area contributed by atoms with Crippen molar-refractivity contribution < 1.29 is 19.2 Å². The Bertz CT molecular complexity index is 761. The van der Waals surface area contributed by atoms with Gasteiger partial charge in [-0.2, -0.15) is 0 Å². The summed E-state index contributed by atoms with van der Waals surface area (Å²) in [6.45, 7) is 1.41.